The van der Waals surface area contributed by atoms with Gasteiger partial charge < -0.3 is 109 Å². The lowest BCUT2D eigenvalue weighted by Crippen LogP contribution is -2.64. The molecule has 0 aromatic heterocycles. The molecule has 542 valence electrons. The highest BCUT2D eigenvalue weighted by atomic mass is 31.2. The lowest BCUT2D eigenvalue weighted by atomic mass is 9.92. The lowest BCUT2D eigenvalue weighted by Gasteiger charge is -2.42. The molecule has 13 N–H and O–H groups in total. The van der Waals surface area contributed by atoms with Gasteiger partial charge in [-0.05, 0) is 57.8 Å². The summed E-state index contributed by atoms with van der Waals surface area (Å²) in [6, 6.07) is -1.05. The molecule has 0 radical (unpaired) electrons. The van der Waals surface area contributed by atoms with Crippen LogP contribution in [0.2, 0.25) is 0 Å². The topological polar surface area (TPSA) is 462 Å². The molecular weight excluding hydrogens is 1280 g/mol. The minimum Gasteiger partial charge on any atom is -0.394 e. The molecule has 0 bridgehead atoms. The monoisotopic (exact) mass is 1390 g/mol. The number of rotatable bonds is 52. The average molecular weight is 1390 g/mol. The molecule has 0 aromatic carbocycles. The first kappa shape index (κ1) is 86.2. The van der Waals surface area contributed by atoms with E-state index in [-0.39, 0.29) is 105 Å². The summed E-state index contributed by atoms with van der Waals surface area (Å²) in [5.74, 6) is -1.47. The maximum atomic E-state index is 12.5. The van der Waals surface area contributed by atoms with Gasteiger partial charge in [0, 0.05) is 63.8 Å². The molecule has 3 heterocycles. The third kappa shape index (κ3) is 35.4. The predicted octanol–water partition coefficient (Wildman–Crippen LogP) is 2.46. The molecule has 3 fully saturated rings. The first-order chi connectivity index (χ1) is 43.3. The van der Waals surface area contributed by atoms with Crippen LogP contribution in [0.4, 0.5) is 0 Å². The Bertz CT molecular complexity index is 1920. The van der Waals surface area contributed by atoms with Gasteiger partial charge in [-0.1, -0.05) is 73.1 Å². The van der Waals surface area contributed by atoms with Crippen molar-refractivity contribution in [3.63, 3.8) is 0 Å². The van der Waals surface area contributed by atoms with Crippen molar-refractivity contribution in [3.05, 3.63) is 0 Å². The Hall–Kier alpha value is -0.920. The van der Waals surface area contributed by atoms with Gasteiger partial charge in [-0.3, -0.25) is 31.9 Å². The van der Waals surface area contributed by atoms with Gasteiger partial charge in [0.2, 0.25) is 5.91 Å². The Morgan fingerprint density at radius 2 is 0.670 bits per heavy atom. The quantitative estimate of drug-likeness (QED) is 0.0307. The van der Waals surface area contributed by atoms with Gasteiger partial charge in [0.15, 0.2) is 18.9 Å². The molecule has 1 amide bonds. The molecule has 0 saturated carbocycles. The summed E-state index contributed by atoms with van der Waals surface area (Å²) >= 11 is 0. The smallest absolute Gasteiger partial charge is 0.394 e. The highest BCUT2D eigenvalue weighted by molar-refractivity contribution is 7.47. The van der Waals surface area contributed by atoms with E-state index in [1.807, 2.05) is 20.8 Å². The summed E-state index contributed by atoms with van der Waals surface area (Å²) in [4.78, 5) is 42.3. The Morgan fingerprint density at radius 1 is 0.407 bits per heavy atom. The van der Waals surface area contributed by atoms with Crippen molar-refractivity contribution in [3.8, 4) is 0 Å². The Balaban J connectivity index is 0.0000140. The van der Waals surface area contributed by atoms with E-state index in [1.54, 1.807) is 13.8 Å². The second-order valence-corrected chi connectivity index (χ2v) is 27.2. The summed E-state index contributed by atoms with van der Waals surface area (Å²) in [7, 11) is -13.1. The first-order valence-corrected chi connectivity index (χ1v) is 36.4. The predicted molar refractivity (Wildman–Crippen MR) is 323 cm³/mol. The Kier molecular flexibility index (Phi) is 45.4. The van der Waals surface area contributed by atoms with Crippen LogP contribution in [-0.4, -0.2) is 265 Å². The van der Waals surface area contributed by atoms with Gasteiger partial charge >= 0.3 is 23.5 Å². The van der Waals surface area contributed by atoms with E-state index < -0.39 is 146 Å². The van der Waals surface area contributed by atoms with Crippen molar-refractivity contribution in [1.82, 2.24) is 5.32 Å². The van der Waals surface area contributed by atoms with Crippen molar-refractivity contribution in [2.24, 2.45) is 17.3 Å². The number of aliphatic hydroxyl groups is 9. The number of nitrogens with one attached hydrogen (secondary N) is 1. The molecule has 0 aliphatic carbocycles. The molecule has 9 unspecified atom stereocenters. The van der Waals surface area contributed by atoms with E-state index in [0.29, 0.717) is 90.3 Å². The highest BCUT2D eigenvalue weighted by Gasteiger charge is 2.46. The lowest BCUT2D eigenvalue weighted by molar-refractivity contribution is -0.282. The number of phosphoric ester groups is 3. The molecular formula is C56H112NO31P3. The van der Waals surface area contributed by atoms with Crippen LogP contribution in [0.5, 0.6) is 0 Å². The highest BCUT2D eigenvalue weighted by Crippen LogP contribution is 2.45. The fraction of sp³-hybridized carbons (Fsp3) is 0.982. The molecule has 3 aliphatic rings. The van der Waals surface area contributed by atoms with Gasteiger partial charge in [0.05, 0.1) is 91.5 Å². The number of phosphoric acid groups is 3. The zero-order chi connectivity index (χ0) is 67.9. The summed E-state index contributed by atoms with van der Waals surface area (Å²) in [6.07, 6.45) is -5.42. The molecule has 3 aliphatic heterocycles. The molecule has 35 heteroatoms. The normalized spacial score (nSPS) is 29.7. The van der Waals surface area contributed by atoms with Gasteiger partial charge in [0.25, 0.3) is 0 Å². The number of carbonyl (C=O) groups is 1. The second kappa shape index (κ2) is 47.9. The first-order valence-electron chi connectivity index (χ1n) is 31.9. The van der Waals surface area contributed by atoms with Crippen LogP contribution in [0, 0.1) is 17.3 Å². The molecule has 3 saturated heterocycles. The Labute approximate surface area is 535 Å². The number of aliphatic hydroxyl groups excluding tert-OH is 9. The number of amides is 1. The zero-order valence-electron chi connectivity index (χ0n) is 54.0. The fourth-order valence-corrected chi connectivity index (χ4v) is 11.8. The maximum absolute atomic E-state index is 12.5. The van der Waals surface area contributed by atoms with Crippen molar-refractivity contribution in [2.75, 3.05) is 119 Å². The van der Waals surface area contributed by atoms with E-state index in [4.69, 9.17) is 69.8 Å². The van der Waals surface area contributed by atoms with Crippen molar-refractivity contribution < 1.29 is 149 Å². The largest absolute Gasteiger partial charge is 0.472 e. The number of unbranched alkanes of at least 4 members (excludes halogenated alkanes) is 9. The molecule has 32 nitrogen and oxygen atoms in total. The number of hydrogen-bond donors (Lipinski definition) is 13. The van der Waals surface area contributed by atoms with Gasteiger partial charge in [-0.25, -0.2) is 13.7 Å². The van der Waals surface area contributed by atoms with Crippen LogP contribution in [0.15, 0.2) is 0 Å². The minimum absolute atomic E-state index is 0.0284. The number of carbonyl (C=O) groups excluding carboxylic acids is 1. The van der Waals surface area contributed by atoms with Crippen LogP contribution in [-0.2, 0) is 88.3 Å². The Morgan fingerprint density at radius 3 is 0.967 bits per heavy atom. The van der Waals surface area contributed by atoms with Crippen molar-refractivity contribution >= 4 is 29.4 Å². The average Bonchev–Trinajstić information content (AvgIpc) is 1.14. The van der Waals surface area contributed by atoms with Crippen molar-refractivity contribution in [2.45, 2.75) is 218 Å². The maximum Gasteiger partial charge on any atom is 0.472 e. The van der Waals surface area contributed by atoms with Crippen LogP contribution < -0.4 is 5.32 Å². The zero-order valence-corrected chi connectivity index (χ0v) is 56.6. The summed E-state index contributed by atoms with van der Waals surface area (Å²) < 4.78 is 120. The van der Waals surface area contributed by atoms with Gasteiger partial charge in [0.1, 0.15) is 48.8 Å². The van der Waals surface area contributed by atoms with Crippen LogP contribution in [0.1, 0.15) is 138 Å². The summed E-state index contributed by atoms with van der Waals surface area (Å²) in [5.41, 5.74) is -0.769. The molecule has 3 rings (SSSR count). The molecule has 91 heavy (non-hydrogen) atoms. The summed E-state index contributed by atoms with van der Waals surface area (Å²) in [5, 5.41) is 91.9. The molecule has 0 spiro atoms. The molecule has 0 aromatic rings. The third-order valence-corrected chi connectivity index (χ3v) is 17.8. The second-order valence-electron chi connectivity index (χ2n) is 22.9. The fourth-order valence-electron chi connectivity index (χ4n) is 9.46. The minimum atomic E-state index is -4.39. The third-order valence-electron chi connectivity index (χ3n) is 14.8. The SMILES string of the molecule is CC.CC(=O)NC1[C@H](OCCCCCCOP(=O)(O)OCCCOCC(C)(COCCCOP(=O)(O)OCCCCCCO[C@@H]2OC(CO)[C@H](O)[C@H](O)C2C)COCCCOP(=O)(O)OCCCCCCO[C@@H]2OC(CO)[C@H](O)[C@H](O)C2C)OC(CO)[C@H](O)[C@@H]1O. The van der Waals surface area contributed by atoms with Gasteiger partial charge in [-0.15, -0.1) is 0 Å². The van der Waals surface area contributed by atoms with Crippen LogP contribution in [0.25, 0.3) is 0 Å². The van der Waals surface area contributed by atoms with Crippen molar-refractivity contribution in [1.29, 1.82) is 0 Å². The van der Waals surface area contributed by atoms with E-state index in [2.05, 4.69) is 5.32 Å². The van der Waals surface area contributed by atoms with Crippen LogP contribution in [0.3, 0.4) is 0 Å². The van der Waals surface area contributed by atoms with Crippen LogP contribution >= 0.6 is 23.5 Å². The van der Waals surface area contributed by atoms with Gasteiger partial charge in [-0.2, -0.15) is 0 Å². The van der Waals surface area contributed by atoms with E-state index in [9.17, 15) is 79.1 Å². The summed E-state index contributed by atoms with van der Waals surface area (Å²) in [6.45, 7) is 9.73. The standard InChI is InChI=1S/C54H106NO31P3.C2H6/c1-38-45(60)47(62)41(32-56)84-51(38)75-23-11-5-8-14-26-78-87(66,67)81-29-17-20-72-35-54(4,36-73-21-18-30-82-88(68,69)79-27-15-9-6-12-24-76-52-39(2)46(61)48(63)42(33-57)85-52)37-74-22-19-31-83-89(70,71)80-28-16-10-7-13-25-77-53-44(55-40(3)59)50(65)49(64)43(34-58)86-53;1-2/h38-39,41-53,56-58,60-65H,5-37H2,1-4H3,(H,55,59)(H,66,67)(H,68,69)(H,70,71);1-2H3/t38?,39?,41?,42?,43?,44?,45-,46-,47+,48+,49+,50-,51-,52-,53-,54?;/m1./s1. The van der Waals surface area contributed by atoms with E-state index in [0.717, 1.165) is 0 Å². The van der Waals surface area contributed by atoms with E-state index in [1.165, 1.54) is 6.92 Å². The number of hydrogen-bond acceptors (Lipinski definition) is 28. The van der Waals surface area contributed by atoms with E-state index >= 15 is 0 Å². The number of ether oxygens (including phenoxy) is 9. The molecule has 18 atom stereocenters.